The molecule has 6 heteroatoms. The monoisotopic (exact) mass is 345 g/mol. The fourth-order valence-electron chi connectivity index (χ4n) is 2.80. The average molecular weight is 345 g/mol. The van der Waals surface area contributed by atoms with Crippen molar-refractivity contribution in [3.8, 4) is 5.75 Å². The van der Waals surface area contributed by atoms with Crippen LogP contribution in [0, 0.1) is 6.92 Å². The van der Waals surface area contributed by atoms with Gasteiger partial charge in [-0.25, -0.2) is 4.98 Å². The first kappa shape index (κ1) is 16.9. The van der Waals surface area contributed by atoms with E-state index < -0.39 is 6.10 Å². The van der Waals surface area contributed by atoms with Crippen molar-refractivity contribution in [1.29, 1.82) is 0 Å². The Morgan fingerprint density at radius 1 is 1.25 bits per heavy atom. The maximum absolute atomic E-state index is 12.5. The molecule has 1 aliphatic heterocycles. The summed E-state index contributed by atoms with van der Waals surface area (Å²) < 4.78 is 5.74. The Labute approximate surface area is 146 Å². The van der Waals surface area contributed by atoms with Crippen LogP contribution >= 0.6 is 11.3 Å². The number of hydrogen-bond donors (Lipinski definition) is 0. The van der Waals surface area contributed by atoms with Gasteiger partial charge >= 0.3 is 0 Å². The van der Waals surface area contributed by atoms with Crippen molar-refractivity contribution in [3.05, 3.63) is 46.4 Å². The van der Waals surface area contributed by atoms with E-state index in [9.17, 15) is 4.79 Å². The molecule has 0 saturated carbocycles. The molecule has 1 aliphatic rings. The van der Waals surface area contributed by atoms with Crippen molar-refractivity contribution in [1.82, 2.24) is 14.8 Å². The minimum absolute atomic E-state index is 0.0589. The highest BCUT2D eigenvalue weighted by molar-refractivity contribution is 7.09. The lowest BCUT2D eigenvalue weighted by molar-refractivity contribution is -0.139. The van der Waals surface area contributed by atoms with Crippen LogP contribution in [0.15, 0.2) is 35.7 Å². The van der Waals surface area contributed by atoms with Crippen LogP contribution < -0.4 is 4.74 Å². The lowest BCUT2D eigenvalue weighted by Crippen LogP contribution is -2.51. The van der Waals surface area contributed by atoms with E-state index >= 15 is 0 Å². The van der Waals surface area contributed by atoms with E-state index in [0.717, 1.165) is 49.2 Å². The lowest BCUT2D eigenvalue weighted by atomic mass is 10.2. The van der Waals surface area contributed by atoms with Gasteiger partial charge in [0.25, 0.3) is 5.91 Å². The quantitative estimate of drug-likeness (QED) is 0.835. The van der Waals surface area contributed by atoms with E-state index in [-0.39, 0.29) is 5.91 Å². The van der Waals surface area contributed by atoms with Gasteiger partial charge in [-0.05, 0) is 26.0 Å². The molecule has 1 atom stereocenters. The van der Waals surface area contributed by atoms with Crippen LogP contribution in [0.2, 0.25) is 0 Å². The van der Waals surface area contributed by atoms with Crippen LogP contribution in [0.25, 0.3) is 0 Å². The molecule has 24 heavy (non-hydrogen) atoms. The van der Waals surface area contributed by atoms with Gasteiger partial charge in [0.2, 0.25) is 0 Å². The van der Waals surface area contributed by atoms with Crippen LogP contribution in [0.5, 0.6) is 5.75 Å². The molecule has 0 aliphatic carbocycles. The number of ether oxygens (including phenoxy) is 1. The Bertz CT molecular complexity index is 666. The molecular weight excluding hydrogens is 322 g/mol. The molecule has 3 rings (SSSR count). The van der Waals surface area contributed by atoms with Crippen LogP contribution in [0.4, 0.5) is 0 Å². The Morgan fingerprint density at radius 3 is 2.58 bits per heavy atom. The number of rotatable bonds is 5. The van der Waals surface area contributed by atoms with Gasteiger partial charge < -0.3 is 9.64 Å². The molecule has 5 nitrogen and oxygen atoms in total. The first-order valence-electron chi connectivity index (χ1n) is 8.25. The summed E-state index contributed by atoms with van der Waals surface area (Å²) in [5.41, 5.74) is 1.08. The van der Waals surface area contributed by atoms with Crippen LogP contribution in [-0.2, 0) is 11.3 Å². The molecule has 1 aromatic heterocycles. The zero-order valence-electron chi connectivity index (χ0n) is 14.1. The molecule has 2 aromatic rings. The summed E-state index contributed by atoms with van der Waals surface area (Å²) in [6.07, 6.45) is -0.458. The lowest BCUT2D eigenvalue weighted by Gasteiger charge is -2.35. The maximum Gasteiger partial charge on any atom is 0.263 e. The molecule has 1 aromatic carbocycles. The summed E-state index contributed by atoms with van der Waals surface area (Å²) in [6.45, 7) is 7.95. The van der Waals surface area contributed by atoms with E-state index in [1.807, 2.05) is 49.1 Å². The number of aromatic nitrogens is 1. The summed E-state index contributed by atoms with van der Waals surface area (Å²) in [5, 5.41) is 3.23. The fourth-order valence-corrected chi connectivity index (χ4v) is 3.62. The van der Waals surface area contributed by atoms with Gasteiger partial charge in [-0.15, -0.1) is 11.3 Å². The summed E-state index contributed by atoms with van der Waals surface area (Å²) in [7, 11) is 0. The molecular formula is C18H23N3O2S. The smallest absolute Gasteiger partial charge is 0.263 e. The first-order valence-corrected chi connectivity index (χ1v) is 9.13. The van der Waals surface area contributed by atoms with Crippen molar-refractivity contribution < 1.29 is 9.53 Å². The van der Waals surface area contributed by atoms with Gasteiger partial charge in [-0.2, -0.15) is 0 Å². The summed E-state index contributed by atoms with van der Waals surface area (Å²) >= 11 is 1.70. The number of amides is 1. The highest BCUT2D eigenvalue weighted by Crippen LogP contribution is 2.15. The predicted octanol–water partition coefficient (Wildman–Crippen LogP) is 2.56. The van der Waals surface area contributed by atoms with Gasteiger partial charge in [-0.3, -0.25) is 9.69 Å². The topological polar surface area (TPSA) is 45.7 Å². The highest BCUT2D eigenvalue weighted by atomic mass is 32.1. The summed E-state index contributed by atoms with van der Waals surface area (Å²) in [5.74, 6) is 0.791. The second-order valence-corrected chi connectivity index (χ2v) is 7.00. The number of nitrogens with zero attached hydrogens (tertiary/aromatic N) is 3. The fraction of sp³-hybridized carbons (Fsp3) is 0.444. The second-order valence-electron chi connectivity index (χ2n) is 6.06. The third-order valence-electron chi connectivity index (χ3n) is 4.11. The third kappa shape index (κ3) is 4.33. The van der Waals surface area contributed by atoms with Crippen molar-refractivity contribution in [3.63, 3.8) is 0 Å². The summed E-state index contributed by atoms with van der Waals surface area (Å²) in [4.78, 5) is 21.3. The minimum Gasteiger partial charge on any atom is -0.481 e. The van der Waals surface area contributed by atoms with Gasteiger partial charge in [0.05, 0.1) is 6.54 Å². The van der Waals surface area contributed by atoms with E-state index in [1.165, 1.54) is 0 Å². The number of para-hydroxylation sites is 1. The molecule has 0 spiro atoms. The van der Waals surface area contributed by atoms with Crippen LogP contribution in [0.3, 0.4) is 0 Å². The summed E-state index contributed by atoms with van der Waals surface area (Å²) in [6, 6.07) is 9.50. The largest absolute Gasteiger partial charge is 0.481 e. The SMILES string of the molecule is Cc1csc(CN2CCN(C(=O)[C@@H](C)Oc3ccccc3)CC2)n1. The number of thiazole rings is 1. The number of aryl methyl sites for hydroxylation is 1. The Hall–Kier alpha value is -1.92. The normalized spacial score (nSPS) is 16.8. The van der Waals surface area contributed by atoms with Gasteiger partial charge in [0.1, 0.15) is 10.8 Å². The van der Waals surface area contributed by atoms with Crippen molar-refractivity contribution in [2.45, 2.75) is 26.5 Å². The number of carbonyl (C=O) groups is 1. The van der Waals surface area contributed by atoms with Crippen molar-refractivity contribution in [2.24, 2.45) is 0 Å². The molecule has 1 amide bonds. The highest BCUT2D eigenvalue weighted by Gasteiger charge is 2.26. The predicted molar refractivity (Wildman–Crippen MR) is 95.2 cm³/mol. The zero-order valence-corrected chi connectivity index (χ0v) is 15.0. The minimum atomic E-state index is -0.458. The molecule has 128 valence electrons. The molecule has 1 fully saturated rings. The number of carbonyl (C=O) groups excluding carboxylic acids is 1. The molecule has 1 saturated heterocycles. The Morgan fingerprint density at radius 2 is 1.96 bits per heavy atom. The van der Waals surface area contributed by atoms with Crippen molar-refractivity contribution in [2.75, 3.05) is 26.2 Å². The molecule has 2 heterocycles. The third-order valence-corrected chi connectivity index (χ3v) is 5.06. The van der Waals surface area contributed by atoms with E-state index in [1.54, 1.807) is 11.3 Å². The Kier molecular flexibility index (Phi) is 5.48. The average Bonchev–Trinajstić information content (AvgIpc) is 3.00. The molecule has 0 N–H and O–H groups in total. The van der Waals surface area contributed by atoms with Crippen LogP contribution in [0.1, 0.15) is 17.6 Å². The maximum atomic E-state index is 12.5. The number of piperazine rings is 1. The van der Waals surface area contributed by atoms with Crippen LogP contribution in [-0.4, -0.2) is 53.0 Å². The number of hydrogen-bond acceptors (Lipinski definition) is 5. The standard InChI is InChI=1S/C18H23N3O2S/c1-14-13-24-17(19-14)12-20-8-10-21(11-9-20)18(22)15(2)23-16-6-4-3-5-7-16/h3-7,13,15H,8-12H2,1-2H3/t15-/m1/s1. The van der Waals surface area contributed by atoms with Gasteiger partial charge in [-0.1, -0.05) is 18.2 Å². The Balaban J connectivity index is 1.47. The number of benzene rings is 1. The van der Waals surface area contributed by atoms with Crippen molar-refractivity contribution >= 4 is 17.2 Å². The van der Waals surface area contributed by atoms with Gasteiger partial charge in [0.15, 0.2) is 6.10 Å². The molecule has 0 unspecified atom stereocenters. The molecule has 0 radical (unpaired) electrons. The second kappa shape index (κ2) is 7.77. The van der Waals surface area contributed by atoms with E-state index in [2.05, 4.69) is 15.3 Å². The van der Waals surface area contributed by atoms with E-state index in [4.69, 9.17) is 4.74 Å². The van der Waals surface area contributed by atoms with E-state index in [0.29, 0.717) is 0 Å². The first-order chi connectivity index (χ1) is 11.6. The zero-order chi connectivity index (χ0) is 16.9. The molecule has 0 bridgehead atoms. The van der Waals surface area contributed by atoms with Gasteiger partial charge in [0, 0.05) is 37.3 Å².